The molecule has 0 radical (unpaired) electrons. The summed E-state index contributed by atoms with van der Waals surface area (Å²) in [6.07, 6.45) is 2.18. The number of nitrogens with zero attached hydrogens (tertiary/aromatic N) is 6. The average Bonchev–Trinajstić information content (AvgIpc) is 3.42. The summed E-state index contributed by atoms with van der Waals surface area (Å²) in [6, 6.07) is 20.9. The summed E-state index contributed by atoms with van der Waals surface area (Å²) >= 11 is 3.26. The van der Waals surface area contributed by atoms with Crippen LogP contribution in [0.15, 0.2) is 104 Å². The molecule has 14 heteroatoms. The normalized spacial score (nSPS) is 11.4. The van der Waals surface area contributed by atoms with Gasteiger partial charge in [-0.15, -0.1) is 0 Å². The molecule has 0 fully saturated rings. The third-order valence-electron chi connectivity index (χ3n) is 6.11. The van der Waals surface area contributed by atoms with Crippen LogP contribution in [0.3, 0.4) is 0 Å². The Morgan fingerprint density at radius 1 is 0.976 bits per heavy atom. The second kappa shape index (κ2) is 10.7. The highest BCUT2D eigenvalue weighted by Gasteiger charge is 2.23. The fourth-order valence-corrected chi connectivity index (χ4v) is 4.65. The number of nitro benzene ring substituents is 1. The zero-order valence-electron chi connectivity index (χ0n) is 21.1. The maximum atomic E-state index is 13.6. The molecule has 6 rings (SSSR count). The van der Waals surface area contributed by atoms with Crippen LogP contribution in [0, 0.1) is 20.2 Å². The van der Waals surface area contributed by atoms with Crippen LogP contribution < -0.4 is 10.3 Å². The maximum Gasteiger partial charge on any atom is 0.313 e. The molecule has 0 bridgehead atoms. The van der Waals surface area contributed by atoms with Gasteiger partial charge in [0.15, 0.2) is 5.76 Å². The summed E-state index contributed by atoms with van der Waals surface area (Å²) in [5, 5.41) is 28.4. The third-order valence-corrected chi connectivity index (χ3v) is 6.57. The lowest BCUT2D eigenvalue weighted by atomic mass is 10.2. The Bertz CT molecular complexity index is 2090. The highest BCUT2D eigenvalue weighted by molar-refractivity contribution is 9.10. The van der Waals surface area contributed by atoms with Gasteiger partial charge in [-0.1, -0.05) is 46.3 Å². The summed E-state index contributed by atoms with van der Waals surface area (Å²) in [6.45, 7) is 0. The first kappa shape index (κ1) is 26.5. The number of hydrogen-bond donors (Lipinski definition) is 0. The molecule has 0 amide bonds. The van der Waals surface area contributed by atoms with Crippen molar-refractivity contribution in [2.45, 2.75) is 0 Å². The number of hydrogen-bond acceptors (Lipinski definition) is 10. The molecule has 0 unspecified atom stereocenters. The van der Waals surface area contributed by atoms with Crippen molar-refractivity contribution in [2.75, 3.05) is 0 Å². The minimum absolute atomic E-state index is 0.104. The first-order chi connectivity index (χ1) is 20.3. The Hall–Kier alpha value is -5.76. The van der Waals surface area contributed by atoms with Gasteiger partial charge in [-0.25, -0.2) is 9.97 Å². The van der Waals surface area contributed by atoms with E-state index in [0.717, 1.165) is 22.3 Å². The van der Waals surface area contributed by atoms with Crippen LogP contribution >= 0.6 is 15.9 Å². The largest absolute Gasteiger partial charge is 0.453 e. The Morgan fingerprint density at radius 2 is 1.76 bits per heavy atom. The second-order valence-corrected chi connectivity index (χ2v) is 9.69. The van der Waals surface area contributed by atoms with Gasteiger partial charge in [0.25, 0.3) is 11.2 Å². The van der Waals surface area contributed by atoms with Gasteiger partial charge in [-0.3, -0.25) is 25.0 Å². The summed E-state index contributed by atoms with van der Waals surface area (Å²) in [7, 11) is 0. The van der Waals surface area contributed by atoms with Crippen LogP contribution in [0.4, 0.5) is 11.4 Å². The van der Waals surface area contributed by atoms with E-state index in [-0.39, 0.29) is 34.5 Å². The van der Waals surface area contributed by atoms with E-state index in [2.05, 4.69) is 31.0 Å². The van der Waals surface area contributed by atoms with E-state index in [0.29, 0.717) is 21.0 Å². The van der Waals surface area contributed by atoms with E-state index in [1.165, 1.54) is 24.4 Å². The summed E-state index contributed by atoms with van der Waals surface area (Å²) in [4.78, 5) is 43.8. The minimum atomic E-state index is -0.660. The highest BCUT2D eigenvalue weighted by atomic mass is 79.9. The molecule has 42 heavy (non-hydrogen) atoms. The predicted octanol–water partition coefficient (Wildman–Crippen LogP) is 6.46. The van der Waals surface area contributed by atoms with Crippen LogP contribution in [0.5, 0.6) is 11.6 Å². The molecule has 206 valence electrons. The summed E-state index contributed by atoms with van der Waals surface area (Å²) in [5.41, 5.74) is -0.110. The lowest BCUT2D eigenvalue weighted by molar-refractivity contribution is -0.385. The standard InChI is InChI=1S/C28H15BrN6O7/c29-18-11-17(26(22(13-18)35(39)40)42-25-10-9-19(15-30-25)34(37)38)14-31-33-27(24-12-16-5-1-4-8-23(16)41-24)32-21-7-3-2-6-20(21)28(33)36/h1-15H. The Morgan fingerprint density at radius 3 is 2.50 bits per heavy atom. The second-order valence-electron chi connectivity index (χ2n) is 8.78. The van der Waals surface area contributed by atoms with E-state index in [1.807, 2.05) is 18.2 Å². The van der Waals surface area contributed by atoms with E-state index in [1.54, 1.807) is 36.4 Å². The van der Waals surface area contributed by atoms with Gasteiger partial charge >= 0.3 is 5.69 Å². The molecular formula is C28H15BrN6O7. The van der Waals surface area contributed by atoms with Crippen molar-refractivity contribution in [1.29, 1.82) is 0 Å². The fourth-order valence-electron chi connectivity index (χ4n) is 4.19. The van der Waals surface area contributed by atoms with Gasteiger partial charge in [0, 0.05) is 33.6 Å². The van der Waals surface area contributed by atoms with Crippen LogP contribution in [0.2, 0.25) is 0 Å². The van der Waals surface area contributed by atoms with Crippen LogP contribution in [0.25, 0.3) is 33.5 Å². The van der Waals surface area contributed by atoms with Crippen LogP contribution in [-0.2, 0) is 0 Å². The number of furan rings is 1. The SMILES string of the molecule is O=c1c2ccccc2nc(-c2cc3ccccc3o2)n1N=Cc1cc(Br)cc([N+](=O)[O-])c1Oc1ccc([N+](=O)[O-])cn1. The molecule has 3 aromatic carbocycles. The smallest absolute Gasteiger partial charge is 0.313 e. The first-order valence-corrected chi connectivity index (χ1v) is 12.9. The molecule has 6 aromatic rings. The lowest BCUT2D eigenvalue weighted by Gasteiger charge is -2.10. The molecule has 0 aliphatic heterocycles. The Balaban J connectivity index is 1.51. The number of halogens is 1. The maximum absolute atomic E-state index is 13.6. The fraction of sp³-hybridized carbons (Fsp3) is 0. The predicted molar refractivity (Wildman–Crippen MR) is 156 cm³/mol. The Labute approximate surface area is 242 Å². The average molecular weight is 627 g/mol. The Kier molecular flexibility index (Phi) is 6.72. The van der Waals surface area contributed by atoms with Gasteiger partial charge in [0.2, 0.25) is 17.5 Å². The summed E-state index contributed by atoms with van der Waals surface area (Å²) < 4.78 is 13.1. The highest BCUT2D eigenvalue weighted by Crippen LogP contribution is 2.37. The van der Waals surface area contributed by atoms with Crippen molar-refractivity contribution < 1.29 is 19.0 Å². The van der Waals surface area contributed by atoms with Gasteiger partial charge in [0.05, 0.1) is 27.0 Å². The number of pyridine rings is 1. The van der Waals surface area contributed by atoms with Crippen LogP contribution in [-0.4, -0.2) is 30.7 Å². The topological polar surface area (TPSA) is 169 Å². The molecule has 0 saturated carbocycles. The molecule has 0 saturated heterocycles. The first-order valence-electron chi connectivity index (χ1n) is 12.1. The molecule has 0 N–H and O–H groups in total. The molecular weight excluding hydrogens is 612 g/mol. The van der Waals surface area contributed by atoms with Gasteiger partial charge in [0.1, 0.15) is 11.8 Å². The van der Waals surface area contributed by atoms with Crippen molar-refractivity contribution in [1.82, 2.24) is 14.6 Å². The molecule has 0 aliphatic carbocycles. The summed E-state index contributed by atoms with van der Waals surface area (Å²) in [5.74, 6) is 0.00620. The van der Waals surface area contributed by atoms with E-state index < -0.39 is 21.1 Å². The third kappa shape index (κ3) is 4.97. The van der Waals surface area contributed by atoms with Gasteiger partial charge in [-0.2, -0.15) is 9.78 Å². The van der Waals surface area contributed by atoms with Crippen molar-refractivity contribution >= 4 is 55.4 Å². The number of rotatable bonds is 7. The van der Waals surface area contributed by atoms with Crippen molar-refractivity contribution in [3.63, 3.8) is 0 Å². The van der Waals surface area contributed by atoms with Crippen molar-refractivity contribution in [3.05, 3.63) is 126 Å². The number of aromatic nitrogens is 3. The number of para-hydroxylation sites is 2. The van der Waals surface area contributed by atoms with Gasteiger partial charge in [-0.05, 0) is 30.3 Å². The van der Waals surface area contributed by atoms with Crippen LogP contribution in [0.1, 0.15) is 5.56 Å². The zero-order valence-corrected chi connectivity index (χ0v) is 22.7. The monoisotopic (exact) mass is 626 g/mol. The zero-order chi connectivity index (χ0) is 29.4. The number of fused-ring (bicyclic) bond motifs is 2. The van der Waals surface area contributed by atoms with Gasteiger partial charge < -0.3 is 9.15 Å². The number of nitro groups is 2. The molecule has 0 atom stereocenters. The van der Waals surface area contributed by atoms with E-state index in [9.17, 15) is 25.0 Å². The van der Waals surface area contributed by atoms with Crippen molar-refractivity contribution in [3.8, 4) is 23.2 Å². The molecule has 13 nitrogen and oxygen atoms in total. The number of benzene rings is 3. The van der Waals surface area contributed by atoms with E-state index in [4.69, 9.17) is 9.15 Å². The lowest BCUT2D eigenvalue weighted by Crippen LogP contribution is -2.20. The molecule has 0 spiro atoms. The number of ether oxygens (including phenoxy) is 1. The molecule has 3 heterocycles. The van der Waals surface area contributed by atoms with E-state index >= 15 is 0 Å². The quantitative estimate of drug-likeness (QED) is 0.110. The minimum Gasteiger partial charge on any atom is -0.453 e. The van der Waals surface area contributed by atoms with Crippen molar-refractivity contribution in [2.24, 2.45) is 5.10 Å². The molecule has 0 aliphatic rings. The molecule has 3 aromatic heterocycles.